The van der Waals surface area contributed by atoms with Gasteiger partial charge in [0.25, 0.3) is 15.9 Å². The Labute approximate surface area is 222 Å². The predicted molar refractivity (Wildman–Crippen MR) is 144 cm³/mol. The number of amides is 1. The fraction of sp³-hybridized carbons (Fsp3) is 0.393. The summed E-state index contributed by atoms with van der Waals surface area (Å²) in [5, 5.41) is 0. The summed E-state index contributed by atoms with van der Waals surface area (Å²) < 4.78 is 35.7. The highest BCUT2D eigenvalue weighted by molar-refractivity contribution is 7.92. The molecule has 0 unspecified atom stereocenters. The number of rotatable bonds is 2. The summed E-state index contributed by atoms with van der Waals surface area (Å²) in [5.41, 5.74) is 3.82. The minimum atomic E-state index is -4.06. The number of fused-ring (bicyclic) bond motifs is 6. The molecule has 6 bridgehead atoms. The van der Waals surface area contributed by atoms with Gasteiger partial charge in [-0.3, -0.25) is 9.69 Å². The van der Waals surface area contributed by atoms with Crippen molar-refractivity contribution in [2.45, 2.75) is 50.2 Å². The quantitative estimate of drug-likeness (QED) is 0.536. The number of benzene rings is 2. The third-order valence-corrected chi connectivity index (χ3v) is 9.07. The molecule has 10 heteroatoms. The lowest BCUT2D eigenvalue weighted by Gasteiger charge is -2.37. The first kappa shape index (κ1) is 24.8. The minimum Gasteiger partial charge on any atom is -0.471 e. The van der Waals surface area contributed by atoms with E-state index in [-0.39, 0.29) is 28.7 Å². The molecule has 0 radical (unpaired) electrons. The highest BCUT2D eigenvalue weighted by Gasteiger charge is 2.34. The van der Waals surface area contributed by atoms with Crippen LogP contribution >= 0.6 is 0 Å². The van der Waals surface area contributed by atoms with Crippen LogP contribution < -0.4 is 9.46 Å². The summed E-state index contributed by atoms with van der Waals surface area (Å²) >= 11 is 0. The topological polar surface area (TPSA) is 105 Å². The molecule has 1 aromatic heterocycles. The van der Waals surface area contributed by atoms with Gasteiger partial charge >= 0.3 is 0 Å². The number of ether oxygens (including phenoxy) is 1. The number of sulfonamides is 1. The van der Waals surface area contributed by atoms with Gasteiger partial charge in [0.15, 0.2) is 0 Å². The van der Waals surface area contributed by atoms with E-state index in [0.717, 1.165) is 36.1 Å². The molecule has 1 aliphatic carbocycles. The van der Waals surface area contributed by atoms with E-state index in [1.54, 1.807) is 23.1 Å². The number of nitrogens with zero attached hydrogens (tertiary/aromatic N) is 4. The lowest BCUT2D eigenvalue weighted by atomic mass is 9.91. The zero-order valence-corrected chi connectivity index (χ0v) is 22.4. The van der Waals surface area contributed by atoms with Crippen LogP contribution in [-0.4, -0.2) is 72.4 Å². The van der Waals surface area contributed by atoms with Crippen LogP contribution in [0.4, 0.5) is 5.95 Å². The highest BCUT2D eigenvalue weighted by atomic mass is 32.2. The number of aromatic nitrogens is 2. The molecule has 3 aromatic rings. The van der Waals surface area contributed by atoms with Crippen LogP contribution in [0.15, 0.2) is 53.4 Å². The number of aryl methyl sites for hydroxylation is 2. The molecule has 3 heterocycles. The molecule has 3 aliphatic rings. The average Bonchev–Trinajstić information content (AvgIpc) is 3.04. The van der Waals surface area contributed by atoms with Crippen molar-refractivity contribution >= 4 is 21.9 Å². The lowest BCUT2D eigenvalue weighted by Crippen LogP contribution is -2.45. The highest BCUT2D eigenvalue weighted by Crippen LogP contribution is 2.31. The van der Waals surface area contributed by atoms with E-state index >= 15 is 0 Å². The number of carbonyl (C=O) groups excluding carboxylic acids is 1. The van der Waals surface area contributed by atoms with E-state index in [0.29, 0.717) is 36.9 Å². The third-order valence-electron chi connectivity index (χ3n) is 7.74. The third kappa shape index (κ3) is 4.74. The van der Waals surface area contributed by atoms with Crippen molar-refractivity contribution < 1.29 is 17.9 Å². The first-order chi connectivity index (χ1) is 18.3. The Balaban J connectivity index is 1.49. The predicted octanol–water partition coefficient (Wildman–Crippen LogP) is 3.63. The van der Waals surface area contributed by atoms with Crippen molar-refractivity contribution in [3.05, 3.63) is 65.2 Å². The number of anilines is 1. The van der Waals surface area contributed by atoms with Crippen LogP contribution in [0.3, 0.4) is 0 Å². The average molecular weight is 534 g/mol. The Morgan fingerprint density at radius 2 is 1.74 bits per heavy atom. The van der Waals surface area contributed by atoms with Gasteiger partial charge in [-0.15, -0.1) is 0 Å². The molecule has 9 nitrogen and oxygen atoms in total. The smallest absolute Gasteiger partial charge is 0.264 e. The van der Waals surface area contributed by atoms with Gasteiger partial charge in [0.2, 0.25) is 11.8 Å². The van der Waals surface area contributed by atoms with Gasteiger partial charge in [0.1, 0.15) is 6.10 Å². The van der Waals surface area contributed by atoms with Crippen molar-refractivity contribution in [3.63, 3.8) is 0 Å². The number of carbonyl (C=O) groups is 1. The first-order valence-electron chi connectivity index (χ1n) is 13.1. The molecule has 2 aromatic carbocycles. The Hall–Kier alpha value is -3.50. The number of hydrogen-bond acceptors (Lipinski definition) is 7. The van der Waals surface area contributed by atoms with Crippen LogP contribution in [0, 0.1) is 13.8 Å². The van der Waals surface area contributed by atoms with E-state index in [1.807, 2.05) is 32.0 Å². The second-order valence-electron chi connectivity index (χ2n) is 10.4. The second kappa shape index (κ2) is 9.67. The van der Waals surface area contributed by atoms with E-state index in [1.165, 1.54) is 18.6 Å². The summed E-state index contributed by atoms with van der Waals surface area (Å²) in [4.78, 5) is 26.8. The van der Waals surface area contributed by atoms with Gasteiger partial charge in [-0.25, -0.2) is 18.1 Å². The largest absolute Gasteiger partial charge is 0.471 e. The van der Waals surface area contributed by atoms with Crippen molar-refractivity contribution in [2.75, 3.05) is 30.9 Å². The molecule has 0 spiro atoms. The molecule has 2 aliphatic heterocycles. The Bertz CT molecular complexity index is 1480. The van der Waals surface area contributed by atoms with Crippen LogP contribution in [0.1, 0.15) is 40.7 Å². The molecule has 1 N–H and O–H groups in total. The second-order valence-corrected chi connectivity index (χ2v) is 12.1. The van der Waals surface area contributed by atoms with Crippen LogP contribution in [0.2, 0.25) is 0 Å². The van der Waals surface area contributed by atoms with E-state index in [2.05, 4.69) is 19.6 Å². The van der Waals surface area contributed by atoms with Gasteiger partial charge in [0, 0.05) is 42.9 Å². The van der Waals surface area contributed by atoms with Crippen LogP contribution in [0.25, 0.3) is 11.3 Å². The van der Waals surface area contributed by atoms with Gasteiger partial charge in [-0.05, 0) is 56.0 Å². The van der Waals surface area contributed by atoms with E-state index < -0.39 is 10.0 Å². The van der Waals surface area contributed by atoms with Gasteiger partial charge in [0.05, 0.1) is 17.1 Å². The molecule has 198 valence electrons. The number of hydrogen-bond donors (Lipinski definition) is 1. The van der Waals surface area contributed by atoms with Crippen molar-refractivity contribution in [1.82, 2.24) is 19.8 Å². The number of nitrogens with one attached hydrogen (secondary N) is 1. The lowest BCUT2D eigenvalue weighted by molar-refractivity contribution is 0.0674. The Kier molecular flexibility index (Phi) is 6.31. The molecule has 38 heavy (non-hydrogen) atoms. The summed E-state index contributed by atoms with van der Waals surface area (Å²) in [7, 11) is -4.06. The van der Waals surface area contributed by atoms with Crippen molar-refractivity contribution in [3.8, 4) is 17.1 Å². The van der Waals surface area contributed by atoms with Gasteiger partial charge in [-0.1, -0.05) is 30.7 Å². The normalized spacial score (nSPS) is 21.6. The van der Waals surface area contributed by atoms with Crippen LogP contribution in [0.5, 0.6) is 5.88 Å². The Morgan fingerprint density at radius 1 is 0.974 bits per heavy atom. The Morgan fingerprint density at radius 3 is 2.47 bits per heavy atom. The van der Waals surface area contributed by atoms with Crippen molar-refractivity contribution in [1.29, 1.82) is 0 Å². The SMILES string of the molecule is Cc1cccc(C)c1-c1cc2nc(n1)NS(=O)(=O)c1cccc(c1)C(=O)N1CCN(C3CCC3)C[C@H](C1)O2. The molecule has 2 fully saturated rings. The summed E-state index contributed by atoms with van der Waals surface area (Å²) in [6.45, 7) is 6.33. The standard InChI is InChI=1S/C28H31N5O4S/c1-18-6-3-7-19(2)26(18)24-15-25-30-28(29-24)31-38(35,36)23-11-4-8-20(14-23)27(34)33-13-12-32(21-9-5-10-21)16-22(17-33)37-25/h3-4,6-8,11,14-15,21-22H,5,9-10,12-13,16-17H2,1-2H3,(H,29,30,31)/t22-/m1/s1. The maximum Gasteiger partial charge on any atom is 0.264 e. The zero-order valence-electron chi connectivity index (χ0n) is 21.6. The fourth-order valence-corrected chi connectivity index (χ4v) is 6.53. The maximum atomic E-state index is 13.6. The van der Waals surface area contributed by atoms with Gasteiger partial charge in [-0.2, -0.15) is 4.98 Å². The van der Waals surface area contributed by atoms with E-state index in [4.69, 9.17) is 4.74 Å². The molecule has 1 atom stereocenters. The monoisotopic (exact) mass is 533 g/mol. The minimum absolute atomic E-state index is 0.0198. The van der Waals surface area contributed by atoms with Crippen LogP contribution in [-0.2, 0) is 10.0 Å². The zero-order chi connectivity index (χ0) is 26.4. The maximum absolute atomic E-state index is 13.6. The molecule has 6 rings (SSSR count). The molecule has 1 saturated carbocycles. The molecule has 1 saturated heterocycles. The fourth-order valence-electron chi connectivity index (χ4n) is 5.55. The molecular weight excluding hydrogens is 502 g/mol. The van der Waals surface area contributed by atoms with Gasteiger partial charge < -0.3 is 9.64 Å². The first-order valence-corrected chi connectivity index (χ1v) is 14.5. The summed E-state index contributed by atoms with van der Waals surface area (Å²) in [6, 6.07) is 14.4. The summed E-state index contributed by atoms with van der Waals surface area (Å²) in [6.07, 6.45) is 3.19. The van der Waals surface area contributed by atoms with E-state index in [9.17, 15) is 13.2 Å². The summed E-state index contributed by atoms with van der Waals surface area (Å²) in [5.74, 6) is -0.00833. The molecular formula is C28H31N5O4S. The molecule has 1 amide bonds. The van der Waals surface area contributed by atoms with Crippen molar-refractivity contribution in [2.24, 2.45) is 0 Å².